The van der Waals surface area contributed by atoms with Gasteiger partial charge in [-0.1, -0.05) is 56.7 Å². The number of aromatic nitrogens is 1. The fourth-order valence-electron chi connectivity index (χ4n) is 4.42. The molecule has 0 radical (unpaired) electrons. The molecule has 1 N–H and O–H groups in total. The summed E-state index contributed by atoms with van der Waals surface area (Å²) >= 11 is 0. The van der Waals surface area contributed by atoms with Gasteiger partial charge < -0.3 is 9.88 Å². The van der Waals surface area contributed by atoms with Crippen LogP contribution < -0.4 is 0 Å². The second-order valence-electron chi connectivity index (χ2n) is 7.47. The number of carbonyl (C=O) groups is 1. The highest BCUT2D eigenvalue weighted by atomic mass is 19.1. The Labute approximate surface area is 164 Å². The van der Waals surface area contributed by atoms with Gasteiger partial charge in [-0.05, 0) is 48.2 Å². The summed E-state index contributed by atoms with van der Waals surface area (Å²) in [4.78, 5) is 18.4. The summed E-state index contributed by atoms with van der Waals surface area (Å²) in [5.41, 5.74) is 4.27. The Hall–Kier alpha value is -2.88. The molecule has 1 aliphatic heterocycles. The molecule has 0 fully saturated rings. The van der Waals surface area contributed by atoms with E-state index in [2.05, 4.69) is 30.6 Å². The zero-order chi connectivity index (χ0) is 19.7. The molecule has 28 heavy (non-hydrogen) atoms. The number of rotatable bonds is 5. The van der Waals surface area contributed by atoms with Gasteiger partial charge in [0.05, 0.1) is 6.04 Å². The third kappa shape index (κ3) is 3.13. The Bertz CT molecular complexity index is 1010. The van der Waals surface area contributed by atoms with Crippen molar-refractivity contribution in [3.63, 3.8) is 0 Å². The van der Waals surface area contributed by atoms with Gasteiger partial charge in [0.2, 0.25) is 5.91 Å². The number of halogens is 1. The first kappa shape index (κ1) is 18.5. The molecule has 1 aromatic heterocycles. The van der Waals surface area contributed by atoms with E-state index in [0.29, 0.717) is 0 Å². The van der Waals surface area contributed by atoms with Crippen molar-refractivity contribution < 1.29 is 9.18 Å². The standard InChI is InChI=1S/C24H25FN2O/c1-3-5-8-18-15-20-19-9-6-7-10-21(19)26-23(20)24(27(18)22(28)4-2)16-11-13-17(25)14-12-16/h4,6-7,9-14,18,24,26H,2-3,5,8,15H2,1H3/t18-,24-/m0/s1. The molecule has 0 unspecified atom stereocenters. The van der Waals surface area contributed by atoms with Crippen LogP contribution in [-0.2, 0) is 11.2 Å². The molecule has 0 bridgehead atoms. The van der Waals surface area contributed by atoms with Crippen molar-refractivity contribution in [2.24, 2.45) is 0 Å². The lowest BCUT2D eigenvalue weighted by atomic mass is 9.86. The minimum Gasteiger partial charge on any atom is -0.356 e. The minimum atomic E-state index is -0.277. The predicted molar refractivity (Wildman–Crippen MR) is 111 cm³/mol. The van der Waals surface area contributed by atoms with Crippen molar-refractivity contribution in [2.75, 3.05) is 0 Å². The Morgan fingerprint density at radius 2 is 2.00 bits per heavy atom. The second kappa shape index (κ2) is 7.63. The van der Waals surface area contributed by atoms with E-state index in [9.17, 15) is 9.18 Å². The number of hydrogen-bond donors (Lipinski definition) is 1. The number of carbonyl (C=O) groups excluding carboxylic acids is 1. The van der Waals surface area contributed by atoms with Crippen LogP contribution in [0.4, 0.5) is 4.39 Å². The summed E-state index contributed by atoms with van der Waals surface area (Å²) in [7, 11) is 0. The molecule has 1 amide bonds. The van der Waals surface area contributed by atoms with Gasteiger partial charge in [0, 0.05) is 22.6 Å². The molecule has 4 heteroatoms. The summed E-state index contributed by atoms with van der Waals surface area (Å²) in [6.07, 6.45) is 5.28. The molecule has 2 aromatic carbocycles. The smallest absolute Gasteiger partial charge is 0.247 e. The number of amides is 1. The predicted octanol–water partition coefficient (Wildman–Crippen LogP) is 5.53. The third-order valence-electron chi connectivity index (χ3n) is 5.74. The Balaban J connectivity index is 1.92. The highest BCUT2D eigenvalue weighted by Gasteiger charge is 2.39. The van der Waals surface area contributed by atoms with Crippen LogP contribution in [0.5, 0.6) is 0 Å². The van der Waals surface area contributed by atoms with Crippen molar-refractivity contribution in [3.8, 4) is 0 Å². The van der Waals surface area contributed by atoms with E-state index < -0.39 is 0 Å². The normalized spacial score (nSPS) is 18.9. The van der Waals surface area contributed by atoms with Crippen LogP contribution in [0, 0.1) is 5.82 Å². The molecule has 2 heterocycles. The molecule has 3 nitrogen and oxygen atoms in total. The zero-order valence-electron chi connectivity index (χ0n) is 16.1. The number of benzene rings is 2. The molecule has 3 aromatic rings. The van der Waals surface area contributed by atoms with Crippen LogP contribution in [0.2, 0.25) is 0 Å². The van der Waals surface area contributed by atoms with Gasteiger partial charge in [-0.25, -0.2) is 4.39 Å². The van der Waals surface area contributed by atoms with Crippen molar-refractivity contribution in [1.82, 2.24) is 9.88 Å². The Morgan fingerprint density at radius 3 is 2.71 bits per heavy atom. The SMILES string of the molecule is C=CC(=O)N1[C@@H](CCCC)Cc2c([nH]c3ccccc23)[C@@H]1c1ccc(F)cc1. The zero-order valence-corrected chi connectivity index (χ0v) is 16.1. The van der Waals surface area contributed by atoms with Gasteiger partial charge in [-0.15, -0.1) is 0 Å². The van der Waals surface area contributed by atoms with Gasteiger partial charge in [-0.2, -0.15) is 0 Å². The second-order valence-corrected chi connectivity index (χ2v) is 7.47. The van der Waals surface area contributed by atoms with E-state index in [4.69, 9.17) is 0 Å². The number of nitrogens with one attached hydrogen (secondary N) is 1. The highest BCUT2D eigenvalue weighted by Crippen LogP contribution is 2.42. The van der Waals surface area contributed by atoms with Crippen LogP contribution in [-0.4, -0.2) is 21.8 Å². The van der Waals surface area contributed by atoms with Crippen molar-refractivity contribution in [1.29, 1.82) is 0 Å². The molecule has 2 atom stereocenters. The number of nitrogens with zero attached hydrogens (tertiary/aromatic N) is 1. The lowest BCUT2D eigenvalue weighted by Crippen LogP contribution is -2.47. The topological polar surface area (TPSA) is 36.1 Å². The summed E-state index contributed by atoms with van der Waals surface area (Å²) in [5.74, 6) is -0.361. The highest BCUT2D eigenvalue weighted by molar-refractivity contribution is 5.90. The van der Waals surface area contributed by atoms with E-state index in [1.807, 2.05) is 17.0 Å². The van der Waals surface area contributed by atoms with Gasteiger partial charge in [-0.3, -0.25) is 4.79 Å². The lowest BCUT2D eigenvalue weighted by molar-refractivity contribution is -0.131. The molecule has 144 valence electrons. The average Bonchev–Trinajstić information content (AvgIpc) is 3.09. The van der Waals surface area contributed by atoms with Gasteiger partial charge in [0.1, 0.15) is 5.82 Å². The first-order valence-corrected chi connectivity index (χ1v) is 9.93. The largest absolute Gasteiger partial charge is 0.356 e. The van der Waals surface area contributed by atoms with Crippen molar-refractivity contribution in [2.45, 2.75) is 44.7 Å². The third-order valence-corrected chi connectivity index (χ3v) is 5.74. The maximum absolute atomic E-state index is 13.6. The van der Waals surface area contributed by atoms with Gasteiger partial charge in [0.25, 0.3) is 0 Å². The lowest BCUT2D eigenvalue weighted by Gasteiger charge is -2.42. The number of hydrogen-bond acceptors (Lipinski definition) is 1. The maximum Gasteiger partial charge on any atom is 0.247 e. The summed E-state index contributed by atoms with van der Waals surface area (Å²) in [6, 6.07) is 14.6. The first-order chi connectivity index (χ1) is 13.6. The average molecular weight is 376 g/mol. The molecular weight excluding hydrogens is 351 g/mol. The Morgan fingerprint density at radius 1 is 1.25 bits per heavy atom. The summed E-state index contributed by atoms with van der Waals surface area (Å²) in [5, 5.41) is 1.21. The van der Waals surface area contributed by atoms with E-state index in [-0.39, 0.29) is 23.8 Å². The van der Waals surface area contributed by atoms with Crippen LogP contribution in [0.15, 0.2) is 61.2 Å². The summed E-state index contributed by atoms with van der Waals surface area (Å²) < 4.78 is 13.6. The van der Waals surface area contributed by atoms with Gasteiger partial charge >= 0.3 is 0 Å². The van der Waals surface area contributed by atoms with E-state index in [1.54, 1.807) is 12.1 Å². The number of unbranched alkanes of at least 4 members (excludes halogenated alkanes) is 1. The van der Waals surface area contributed by atoms with E-state index >= 15 is 0 Å². The van der Waals surface area contributed by atoms with Gasteiger partial charge in [0.15, 0.2) is 0 Å². The monoisotopic (exact) mass is 376 g/mol. The van der Waals surface area contributed by atoms with Crippen LogP contribution >= 0.6 is 0 Å². The minimum absolute atomic E-state index is 0.0836. The molecule has 0 spiro atoms. The molecule has 4 rings (SSSR count). The maximum atomic E-state index is 13.6. The molecule has 1 aliphatic rings. The number of para-hydroxylation sites is 1. The fourth-order valence-corrected chi connectivity index (χ4v) is 4.42. The van der Waals surface area contributed by atoms with Crippen LogP contribution in [0.3, 0.4) is 0 Å². The van der Waals surface area contributed by atoms with Crippen molar-refractivity contribution >= 4 is 16.8 Å². The molecule has 0 saturated carbocycles. The number of fused-ring (bicyclic) bond motifs is 3. The molecular formula is C24H25FN2O. The fraction of sp³-hybridized carbons (Fsp3) is 0.292. The molecule has 0 aliphatic carbocycles. The van der Waals surface area contributed by atoms with Crippen LogP contribution in [0.1, 0.15) is 49.0 Å². The first-order valence-electron chi connectivity index (χ1n) is 9.93. The Kier molecular flexibility index (Phi) is 5.03. The van der Waals surface area contributed by atoms with E-state index in [1.165, 1.54) is 29.2 Å². The quantitative estimate of drug-likeness (QED) is 0.584. The molecule has 0 saturated heterocycles. The number of H-pyrrole nitrogens is 1. The summed E-state index contributed by atoms with van der Waals surface area (Å²) in [6.45, 7) is 5.89. The number of aromatic amines is 1. The van der Waals surface area contributed by atoms with Crippen molar-refractivity contribution in [3.05, 3.63) is 83.8 Å². The van der Waals surface area contributed by atoms with Crippen LogP contribution in [0.25, 0.3) is 10.9 Å². The van der Waals surface area contributed by atoms with E-state index in [0.717, 1.165) is 42.5 Å².